The van der Waals surface area contributed by atoms with Gasteiger partial charge < -0.3 is 9.84 Å². The zero-order valence-electron chi connectivity index (χ0n) is 14.1. The molecule has 1 atom stereocenters. The van der Waals surface area contributed by atoms with E-state index < -0.39 is 6.10 Å². The lowest BCUT2D eigenvalue weighted by Gasteiger charge is -2.15. The molecule has 0 aliphatic heterocycles. The van der Waals surface area contributed by atoms with Crippen molar-refractivity contribution in [1.29, 1.82) is 0 Å². The molecule has 0 radical (unpaired) electrons. The first kappa shape index (κ1) is 18.4. The minimum absolute atomic E-state index is 0.0805. The number of aromatic nitrogens is 2. The van der Waals surface area contributed by atoms with Crippen molar-refractivity contribution in [3.63, 3.8) is 0 Å². The van der Waals surface area contributed by atoms with Gasteiger partial charge in [0.1, 0.15) is 18.5 Å². The van der Waals surface area contributed by atoms with Gasteiger partial charge in [0.15, 0.2) is 0 Å². The molecule has 0 aliphatic rings. The van der Waals surface area contributed by atoms with Gasteiger partial charge in [-0.2, -0.15) is 0 Å². The standard InChI is InChI=1S/C20H19BrN2O3/c1-2-5-14-6-3-4-7-19(14)26-12-16(24)11-23-13-22-18-9-8-15(21)10-17(18)20(23)25/h2-4,6-10,13,16,24H,1,5,11-12H2/t16-/m0/s1. The Labute approximate surface area is 159 Å². The van der Waals surface area contributed by atoms with Gasteiger partial charge in [0.05, 0.1) is 23.8 Å². The van der Waals surface area contributed by atoms with Crippen LogP contribution < -0.4 is 10.3 Å². The molecule has 0 unspecified atom stereocenters. The number of fused-ring (bicyclic) bond motifs is 1. The van der Waals surface area contributed by atoms with Gasteiger partial charge in [-0.15, -0.1) is 6.58 Å². The van der Waals surface area contributed by atoms with Crippen LogP contribution in [0.25, 0.3) is 10.9 Å². The Kier molecular flexibility index (Phi) is 5.85. The lowest BCUT2D eigenvalue weighted by Crippen LogP contribution is -2.30. The van der Waals surface area contributed by atoms with E-state index in [4.69, 9.17) is 4.74 Å². The molecule has 5 nitrogen and oxygen atoms in total. The number of aliphatic hydroxyl groups is 1. The third-order valence-corrected chi connectivity index (χ3v) is 4.45. The molecular weight excluding hydrogens is 396 g/mol. The van der Waals surface area contributed by atoms with Gasteiger partial charge in [-0.25, -0.2) is 4.98 Å². The van der Waals surface area contributed by atoms with E-state index in [1.807, 2.05) is 30.3 Å². The number of allylic oxidation sites excluding steroid dienone is 1. The third-order valence-electron chi connectivity index (χ3n) is 3.96. The molecule has 26 heavy (non-hydrogen) atoms. The van der Waals surface area contributed by atoms with Crippen molar-refractivity contribution < 1.29 is 9.84 Å². The third kappa shape index (κ3) is 4.20. The summed E-state index contributed by atoms with van der Waals surface area (Å²) in [7, 11) is 0. The van der Waals surface area contributed by atoms with Crippen molar-refractivity contribution in [3.05, 3.63) is 81.8 Å². The molecule has 0 fully saturated rings. The molecular formula is C20H19BrN2O3. The largest absolute Gasteiger partial charge is 0.491 e. The van der Waals surface area contributed by atoms with Crippen LogP contribution in [0.1, 0.15) is 5.56 Å². The zero-order valence-corrected chi connectivity index (χ0v) is 15.7. The number of benzene rings is 2. The fraction of sp³-hybridized carbons (Fsp3) is 0.200. The molecule has 0 bridgehead atoms. The number of nitrogens with zero attached hydrogens (tertiary/aromatic N) is 2. The summed E-state index contributed by atoms with van der Waals surface area (Å²) in [6.07, 6.45) is 3.11. The Morgan fingerprint density at radius 1 is 1.31 bits per heavy atom. The second kappa shape index (κ2) is 8.29. The Balaban J connectivity index is 1.72. The normalized spacial score (nSPS) is 12.1. The van der Waals surface area contributed by atoms with Crippen LogP contribution in [0.5, 0.6) is 5.75 Å². The van der Waals surface area contributed by atoms with Crippen LogP contribution in [-0.2, 0) is 13.0 Å². The second-order valence-corrected chi connectivity index (χ2v) is 6.84. The van der Waals surface area contributed by atoms with E-state index in [0.29, 0.717) is 23.1 Å². The molecule has 3 aromatic rings. The maximum Gasteiger partial charge on any atom is 0.261 e. The number of rotatable bonds is 7. The number of hydrogen-bond acceptors (Lipinski definition) is 4. The molecule has 2 aromatic carbocycles. The number of aliphatic hydroxyl groups excluding tert-OH is 1. The summed E-state index contributed by atoms with van der Waals surface area (Å²) in [4.78, 5) is 16.8. The second-order valence-electron chi connectivity index (χ2n) is 5.93. The van der Waals surface area contributed by atoms with Gasteiger partial charge in [-0.1, -0.05) is 40.2 Å². The van der Waals surface area contributed by atoms with Crippen LogP contribution >= 0.6 is 15.9 Å². The van der Waals surface area contributed by atoms with Gasteiger partial charge in [-0.3, -0.25) is 9.36 Å². The van der Waals surface area contributed by atoms with Gasteiger partial charge in [0.25, 0.3) is 5.56 Å². The first-order chi connectivity index (χ1) is 12.6. The monoisotopic (exact) mass is 414 g/mol. The predicted octanol–water partition coefficient (Wildman–Crippen LogP) is 3.33. The van der Waals surface area contributed by atoms with Crippen molar-refractivity contribution in [2.24, 2.45) is 0 Å². The minimum atomic E-state index is -0.837. The van der Waals surface area contributed by atoms with Crippen LogP contribution in [0.4, 0.5) is 0 Å². The van der Waals surface area contributed by atoms with Gasteiger partial charge in [-0.05, 0) is 36.2 Å². The minimum Gasteiger partial charge on any atom is -0.491 e. The summed E-state index contributed by atoms with van der Waals surface area (Å²) in [5, 5.41) is 10.8. The Hall–Kier alpha value is -2.44. The van der Waals surface area contributed by atoms with Crippen LogP contribution in [0.15, 0.2) is 70.7 Å². The SMILES string of the molecule is C=CCc1ccccc1OC[C@@H](O)Cn1cnc2ccc(Br)cc2c1=O. The highest BCUT2D eigenvalue weighted by atomic mass is 79.9. The molecule has 3 rings (SSSR count). The molecule has 0 aliphatic carbocycles. The summed E-state index contributed by atoms with van der Waals surface area (Å²) in [6, 6.07) is 13.0. The van der Waals surface area contributed by atoms with E-state index in [1.165, 1.54) is 10.9 Å². The Bertz CT molecular complexity index is 984. The average molecular weight is 415 g/mol. The Morgan fingerprint density at radius 3 is 2.92 bits per heavy atom. The highest BCUT2D eigenvalue weighted by Gasteiger charge is 2.11. The molecule has 1 heterocycles. The van der Waals surface area contributed by atoms with E-state index in [0.717, 1.165) is 10.0 Å². The van der Waals surface area contributed by atoms with Crippen LogP contribution in [0, 0.1) is 0 Å². The van der Waals surface area contributed by atoms with Crippen molar-refractivity contribution in [2.75, 3.05) is 6.61 Å². The topological polar surface area (TPSA) is 64.3 Å². The van der Waals surface area contributed by atoms with Crippen LogP contribution in [0.3, 0.4) is 0 Å². The van der Waals surface area contributed by atoms with Gasteiger partial charge in [0.2, 0.25) is 0 Å². The molecule has 0 saturated heterocycles. The van der Waals surface area contributed by atoms with E-state index in [9.17, 15) is 9.90 Å². The zero-order chi connectivity index (χ0) is 18.5. The number of halogens is 1. The lowest BCUT2D eigenvalue weighted by atomic mass is 10.1. The number of hydrogen-bond donors (Lipinski definition) is 1. The Morgan fingerprint density at radius 2 is 2.12 bits per heavy atom. The summed E-state index contributed by atoms with van der Waals surface area (Å²) in [6.45, 7) is 3.93. The van der Waals surface area contributed by atoms with Gasteiger partial charge in [0, 0.05) is 4.47 Å². The quantitative estimate of drug-likeness (QED) is 0.602. The fourth-order valence-electron chi connectivity index (χ4n) is 2.70. The van der Waals surface area contributed by atoms with Crippen LogP contribution in [-0.4, -0.2) is 27.4 Å². The van der Waals surface area contributed by atoms with E-state index >= 15 is 0 Å². The first-order valence-corrected chi connectivity index (χ1v) is 9.02. The highest BCUT2D eigenvalue weighted by molar-refractivity contribution is 9.10. The number of para-hydroxylation sites is 1. The fourth-order valence-corrected chi connectivity index (χ4v) is 3.06. The number of ether oxygens (including phenoxy) is 1. The van der Waals surface area contributed by atoms with Crippen molar-refractivity contribution in [2.45, 2.75) is 19.1 Å². The lowest BCUT2D eigenvalue weighted by molar-refractivity contribution is 0.0911. The van der Waals surface area contributed by atoms with E-state index in [1.54, 1.807) is 18.2 Å². The van der Waals surface area contributed by atoms with Crippen molar-refractivity contribution in [1.82, 2.24) is 9.55 Å². The molecule has 1 N–H and O–H groups in total. The predicted molar refractivity (Wildman–Crippen MR) is 106 cm³/mol. The molecule has 6 heteroatoms. The molecule has 1 aromatic heterocycles. The summed E-state index contributed by atoms with van der Waals surface area (Å²) >= 11 is 3.36. The smallest absolute Gasteiger partial charge is 0.261 e. The van der Waals surface area contributed by atoms with Gasteiger partial charge >= 0.3 is 0 Å². The molecule has 0 amide bonds. The van der Waals surface area contributed by atoms with E-state index in [2.05, 4.69) is 27.5 Å². The summed E-state index contributed by atoms with van der Waals surface area (Å²) < 4.78 is 7.94. The summed E-state index contributed by atoms with van der Waals surface area (Å²) in [5.41, 5.74) is 1.44. The van der Waals surface area contributed by atoms with Crippen LogP contribution in [0.2, 0.25) is 0 Å². The van der Waals surface area contributed by atoms with E-state index in [-0.39, 0.29) is 18.7 Å². The van der Waals surface area contributed by atoms with Crippen molar-refractivity contribution >= 4 is 26.8 Å². The van der Waals surface area contributed by atoms with Crippen molar-refractivity contribution in [3.8, 4) is 5.75 Å². The average Bonchev–Trinajstić information content (AvgIpc) is 2.64. The maximum absolute atomic E-state index is 12.6. The molecule has 0 spiro atoms. The summed E-state index contributed by atoms with van der Waals surface area (Å²) in [5.74, 6) is 0.708. The molecule has 134 valence electrons. The maximum atomic E-state index is 12.6. The molecule has 0 saturated carbocycles. The first-order valence-electron chi connectivity index (χ1n) is 8.23. The highest BCUT2D eigenvalue weighted by Crippen LogP contribution is 2.19.